The van der Waals surface area contributed by atoms with E-state index in [1.807, 2.05) is 37.3 Å². The van der Waals surface area contributed by atoms with Crippen molar-refractivity contribution in [1.82, 2.24) is 4.31 Å². The van der Waals surface area contributed by atoms with Crippen molar-refractivity contribution in [1.29, 1.82) is 0 Å². The zero-order valence-electron chi connectivity index (χ0n) is 18.6. The highest BCUT2D eigenvalue weighted by Crippen LogP contribution is 2.26. The molecule has 0 aromatic heterocycles. The topological polar surface area (TPSA) is 72.9 Å². The summed E-state index contributed by atoms with van der Waals surface area (Å²) in [6.45, 7) is 7.64. The van der Waals surface area contributed by atoms with Crippen molar-refractivity contribution < 1.29 is 22.7 Å². The van der Waals surface area contributed by atoms with Gasteiger partial charge in [0.2, 0.25) is 10.0 Å². The number of benzene rings is 2. The zero-order chi connectivity index (χ0) is 22.6. The number of carbonyl (C=O) groups is 1. The molecular formula is C24H31NO5S. The van der Waals surface area contributed by atoms with Crippen molar-refractivity contribution in [2.75, 3.05) is 19.8 Å². The van der Waals surface area contributed by atoms with Gasteiger partial charge >= 0.3 is 5.97 Å². The molecule has 1 saturated heterocycles. The standard InChI is InChI=1S/C24H31NO5S/c1-18-10-12-22(13-11-18)31(27,28)25-15-20(23(26)30-24(2,3)4)16-29-17-21(25)14-19-8-6-5-7-9-19/h5-13,20-21H,14-17H2,1-4H3/t20?,21-/m0/s1. The molecule has 1 unspecified atom stereocenters. The SMILES string of the molecule is Cc1ccc(S(=O)(=O)N2CC(C(=O)OC(C)(C)C)COC[C@@H]2Cc2ccccc2)cc1. The molecule has 3 rings (SSSR count). The van der Waals surface area contributed by atoms with E-state index in [-0.39, 0.29) is 24.7 Å². The largest absolute Gasteiger partial charge is 0.460 e. The maximum Gasteiger partial charge on any atom is 0.313 e. The molecule has 1 heterocycles. The third kappa shape index (κ3) is 6.15. The summed E-state index contributed by atoms with van der Waals surface area (Å²) in [6, 6.07) is 16.0. The van der Waals surface area contributed by atoms with E-state index in [1.54, 1.807) is 45.0 Å². The fourth-order valence-corrected chi connectivity index (χ4v) is 5.22. The second-order valence-corrected chi connectivity index (χ2v) is 10.9. The molecule has 168 valence electrons. The number of carbonyl (C=O) groups excluding carboxylic acids is 1. The summed E-state index contributed by atoms with van der Waals surface area (Å²) in [7, 11) is -3.84. The predicted molar refractivity (Wildman–Crippen MR) is 119 cm³/mol. The summed E-state index contributed by atoms with van der Waals surface area (Å²) in [5.74, 6) is -1.14. The molecular weight excluding hydrogens is 414 g/mol. The van der Waals surface area contributed by atoms with Gasteiger partial charge in [0.25, 0.3) is 0 Å². The first kappa shape index (κ1) is 23.4. The fourth-order valence-electron chi connectivity index (χ4n) is 3.56. The first-order chi connectivity index (χ1) is 14.6. The number of hydrogen-bond donors (Lipinski definition) is 0. The average molecular weight is 446 g/mol. The molecule has 0 saturated carbocycles. The molecule has 31 heavy (non-hydrogen) atoms. The van der Waals surface area contributed by atoms with Gasteiger partial charge in [-0.3, -0.25) is 4.79 Å². The molecule has 6 nitrogen and oxygen atoms in total. The monoisotopic (exact) mass is 445 g/mol. The number of sulfonamides is 1. The normalized spacial score (nSPS) is 20.8. The van der Waals surface area contributed by atoms with Crippen LogP contribution >= 0.6 is 0 Å². The first-order valence-electron chi connectivity index (χ1n) is 10.5. The van der Waals surface area contributed by atoms with Gasteiger partial charge in [0, 0.05) is 6.54 Å². The summed E-state index contributed by atoms with van der Waals surface area (Å²) in [6.07, 6.45) is 0.493. The van der Waals surface area contributed by atoms with Gasteiger partial charge in [-0.15, -0.1) is 0 Å². The van der Waals surface area contributed by atoms with E-state index in [4.69, 9.17) is 9.47 Å². The average Bonchev–Trinajstić information content (AvgIpc) is 2.91. The van der Waals surface area contributed by atoms with Crippen molar-refractivity contribution >= 4 is 16.0 Å². The lowest BCUT2D eigenvalue weighted by molar-refractivity contribution is -0.161. The van der Waals surface area contributed by atoms with Gasteiger partial charge in [-0.1, -0.05) is 48.0 Å². The summed E-state index contributed by atoms with van der Waals surface area (Å²) >= 11 is 0. The Labute approximate surface area is 185 Å². The summed E-state index contributed by atoms with van der Waals surface area (Å²) < 4.78 is 40.0. The van der Waals surface area contributed by atoms with E-state index < -0.39 is 33.6 Å². The van der Waals surface area contributed by atoms with Crippen LogP contribution in [0.4, 0.5) is 0 Å². The van der Waals surface area contributed by atoms with E-state index in [1.165, 1.54) is 4.31 Å². The smallest absolute Gasteiger partial charge is 0.313 e. The van der Waals surface area contributed by atoms with Crippen LogP contribution in [-0.2, 0) is 30.7 Å². The van der Waals surface area contributed by atoms with E-state index in [0.717, 1.165) is 11.1 Å². The van der Waals surface area contributed by atoms with Crippen LogP contribution in [0.2, 0.25) is 0 Å². The number of rotatable bonds is 5. The van der Waals surface area contributed by atoms with Gasteiger partial charge in [0.15, 0.2) is 0 Å². The number of nitrogens with zero attached hydrogens (tertiary/aromatic N) is 1. The molecule has 0 radical (unpaired) electrons. The molecule has 2 atom stereocenters. The Balaban J connectivity index is 1.94. The highest BCUT2D eigenvalue weighted by Gasteiger charge is 2.39. The maximum atomic E-state index is 13.6. The Kier molecular flexibility index (Phi) is 7.19. The van der Waals surface area contributed by atoms with Crippen LogP contribution in [-0.4, -0.2) is 50.1 Å². The highest BCUT2D eigenvalue weighted by molar-refractivity contribution is 7.89. The van der Waals surface area contributed by atoms with E-state index >= 15 is 0 Å². The molecule has 2 aromatic carbocycles. The molecule has 1 aliphatic rings. The Bertz CT molecular complexity index is 981. The van der Waals surface area contributed by atoms with Crippen molar-refractivity contribution in [2.24, 2.45) is 5.92 Å². The zero-order valence-corrected chi connectivity index (χ0v) is 19.4. The van der Waals surface area contributed by atoms with Gasteiger partial charge in [0.05, 0.1) is 30.1 Å². The summed E-state index contributed by atoms with van der Waals surface area (Å²) in [5.41, 5.74) is 1.33. The minimum Gasteiger partial charge on any atom is -0.460 e. The van der Waals surface area contributed by atoms with Crippen LogP contribution in [0, 0.1) is 12.8 Å². The molecule has 0 bridgehead atoms. The predicted octanol–water partition coefficient (Wildman–Crippen LogP) is 3.59. The molecule has 1 aliphatic heterocycles. The number of hydrogen-bond acceptors (Lipinski definition) is 5. The third-order valence-electron chi connectivity index (χ3n) is 5.12. The molecule has 0 N–H and O–H groups in total. The summed E-state index contributed by atoms with van der Waals surface area (Å²) in [5, 5.41) is 0. The molecule has 2 aromatic rings. The lowest BCUT2D eigenvalue weighted by atomic mass is 10.1. The lowest BCUT2D eigenvalue weighted by Crippen LogP contribution is -2.46. The van der Waals surface area contributed by atoms with E-state index in [2.05, 4.69) is 0 Å². The second kappa shape index (κ2) is 9.51. The molecule has 0 aliphatic carbocycles. The van der Waals surface area contributed by atoms with Gasteiger partial charge in [0.1, 0.15) is 5.60 Å². The van der Waals surface area contributed by atoms with Gasteiger partial charge in [-0.25, -0.2) is 8.42 Å². The van der Waals surface area contributed by atoms with Crippen LogP contribution in [0.3, 0.4) is 0 Å². The first-order valence-corrected chi connectivity index (χ1v) is 11.9. The van der Waals surface area contributed by atoms with Crippen molar-refractivity contribution in [3.05, 3.63) is 65.7 Å². The number of aryl methyl sites for hydroxylation is 1. The van der Waals surface area contributed by atoms with E-state index in [9.17, 15) is 13.2 Å². The Morgan fingerprint density at radius 3 is 2.32 bits per heavy atom. The molecule has 1 fully saturated rings. The summed E-state index contributed by atoms with van der Waals surface area (Å²) in [4.78, 5) is 13.0. The Morgan fingerprint density at radius 2 is 1.71 bits per heavy atom. The third-order valence-corrected chi connectivity index (χ3v) is 7.05. The second-order valence-electron chi connectivity index (χ2n) is 9.00. The van der Waals surface area contributed by atoms with Gasteiger partial charge in [-0.05, 0) is 51.8 Å². The van der Waals surface area contributed by atoms with Crippen LogP contribution in [0.15, 0.2) is 59.5 Å². The minimum absolute atomic E-state index is 0.0165. The minimum atomic E-state index is -3.84. The van der Waals surface area contributed by atoms with Crippen LogP contribution in [0.1, 0.15) is 31.9 Å². The lowest BCUT2D eigenvalue weighted by Gasteiger charge is -2.30. The van der Waals surface area contributed by atoms with Crippen molar-refractivity contribution in [2.45, 2.75) is 50.7 Å². The Hall–Kier alpha value is -2.22. The number of ether oxygens (including phenoxy) is 2. The molecule has 0 amide bonds. The van der Waals surface area contributed by atoms with Crippen molar-refractivity contribution in [3.63, 3.8) is 0 Å². The molecule has 0 spiro atoms. The van der Waals surface area contributed by atoms with Gasteiger partial charge < -0.3 is 9.47 Å². The maximum absolute atomic E-state index is 13.6. The Morgan fingerprint density at radius 1 is 1.06 bits per heavy atom. The van der Waals surface area contributed by atoms with Crippen LogP contribution < -0.4 is 0 Å². The van der Waals surface area contributed by atoms with Gasteiger partial charge in [-0.2, -0.15) is 4.31 Å². The highest BCUT2D eigenvalue weighted by atomic mass is 32.2. The fraction of sp³-hybridized carbons (Fsp3) is 0.458. The van der Waals surface area contributed by atoms with E-state index in [0.29, 0.717) is 6.42 Å². The van der Waals surface area contributed by atoms with Crippen LogP contribution in [0.5, 0.6) is 0 Å². The van der Waals surface area contributed by atoms with Crippen LogP contribution in [0.25, 0.3) is 0 Å². The quantitative estimate of drug-likeness (QED) is 0.658. The van der Waals surface area contributed by atoms with Crippen molar-refractivity contribution in [3.8, 4) is 0 Å². The number of esters is 1. The molecule has 7 heteroatoms.